The van der Waals surface area contributed by atoms with Crippen LogP contribution in [-0.2, 0) is 20.9 Å². The minimum Gasteiger partial charge on any atom is -0.481 e. The largest absolute Gasteiger partial charge is 0.481 e. The standard InChI is InChI=1S/C27H30ClF5N4O5/c1-42-26(41)20(6-7-22(38)39)34-15-16-2-4-18(24(30)23(16)29)25(40)35-19-5-3-17(28)14-21(19)37-12-10-36(11-13-37)9-8-27(31,32)33/h2-5,14,20,34H,6-13,15H2,1H3,(H,35,40)(H,38,39)/t20-/m0/s1. The number of methoxy groups -OCH3 is 1. The van der Waals surface area contributed by atoms with Crippen LogP contribution in [0.4, 0.5) is 33.3 Å². The molecule has 0 radical (unpaired) electrons. The average Bonchev–Trinajstić information content (AvgIpc) is 2.94. The first kappa shape index (κ1) is 33.0. The Kier molecular flexibility index (Phi) is 11.5. The zero-order valence-electron chi connectivity index (χ0n) is 22.6. The van der Waals surface area contributed by atoms with E-state index in [1.165, 1.54) is 12.1 Å². The van der Waals surface area contributed by atoms with Gasteiger partial charge >= 0.3 is 18.1 Å². The molecule has 0 saturated carbocycles. The van der Waals surface area contributed by atoms with Crippen LogP contribution in [0.2, 0.25) is 5.02 Å². The summed E-state index contributed by atoms with van der Waals surface area (Å²) in [6.07, 6.45) is -5.67. The van der Waals surface area contributed by atoms with Crippen LogP contribution in [0, 0.1) is 11.6 Å². The predicted molar refractivity (Wildman–Crippen MR) is 145 cm³/mol. The molecule has 2 aromatic rings. The fourth-order valence-electron chi connectivity index (χ4n) is 4.41. The average molecular weight is 621 g/mol. The van der Waals surface area contributed by atoms with Crippen LogP contribution >= 0.6 is 11.6 Å². The molecule has 42 heavy (non-hydrogen) atoms. The Hall–Kier alpha value is -3.49. The molecule has 15 heteroatoms. The SMILES string of the molecule is COC(=O)[C@H](CCC(=O)O)NCc1ccc(C(=O)Nc2ccc(Cl)cc2N2CCN(CCC(F)(F)F)CC2)c(F)c1F. The van der Waals surface area contributed by atoms with Gasteiger partial charge in [0.2, 0.25) is 0 Å². The number of benzene rings is 2. The summed E-state index contributed by atoms with van der Waals surface area (Å²) in [7, 11) is 1.11. The van der Waals surface area contributed by atoms with Crippen molar-refractivity contribution in [1.29, 1.82) is 0 Å². The summed E-state index contributed by atoms with van der Waals surface area (Å²) in [6, 6.07) is 5.71. The number of alkyl halides is 3. The summed E-state index contributed by atoms with van der Waals surface area (Å²) >= 11 is 6.15. The van der Waals surface area contributed by atoms with Crippen LogP contribution in [0.1, 0.15) is 35.2 Å². The third-order valence-corrected chi connectivity index (χ3v) is 6.95. The van der Waals surface area contributed by atoms with Gasteiger partial charge in [-0.15, -0.1) is 0 Å². The second-order valence-corrected chi connectivity index (χ2v) is 10.0. The summed E-state index contributed by atoms with van der Waals surface area (Å²) < 4.78 is 72.2. The molecule has 0 spiro atoms. The second kappa shape index (κ2) is 14.6. The predicted octanol–water partition coefficient (Wildman–Crippen LogP) is 4.44. The van der Waals surface area contributed by atoms with Crippen molar-refractivity contribution in [3.63, 3.8) is 0 Å². The highest BCUT2D eigenvalue weighted by molar-refractivity contribution is 6.31. The topological polar surface area (TPSA) is 111 Å². The van der Waals surface area contributed by atoms with E-state index in [0.29, 0.717) is 36.9 Å². The van der Waals surface area contributed by atoms with Gasteiger partial charge in [-0.1, -0.05) is 17.7 Å². The molecular weight excluding hydrogens is 591 g/mol. The van der Waals surface area contributed by atoms with Gasteiger partial charge in [0.25, 0.3) is 5.91 Å². The molecule has 1 fully saturated rings. The van der Waals surface area contributed by atoms with Crippen LogP contribution in [0.5, 0.6) is 0 Å². The minimum atomic E-state index is -4.25. The summed E-state index contributed by atoms with van der Waals surface area (Å²) in [6.45, 7) is 0.922. The maximum Gasteiger partial charge on any atom is 0.390 e. The number of halogens is 6. The van der Waals surface area contributed by atoms with Gasteiger partial charge in [0.15, 0.2) is 11.6 Å². The molecule has 0 aliphatic carbocycles. The lowest BCUT2D eigenvalue weighted by atomic mass is 10.1. The van der Waals surface area contributed by atoms with E-state index in [-0.39, 0.29) is 37.2 Å². The van der Waals surface area contributed by atoms with Crippen molar-refractivity contribution >= 4 is 40.8 Å². The molecule has 1 saturated heterocycles. The molecule has 3 rings (SSSR count). The Bertz CT molecular complexity index is 1290. The summed E-state index contributed by atoms with van der Waals surface area (Å²) in [5.74, 6) is -5.63. The molecule has 1 amide bonds. The molecule has 1 atom stereocenters. The quantitative estimate of drug-likeness (QED) is 0.236. The van der Waals surface area contributed by atoms with Crippen molar-refractivity contribution in [3.8, 4) is 0 Å². The number of carboxylic acids is 1. The molecule has 2 aromatic carbocycles. The Morgan fingerprint density at radius 1 is 1.07 bits per heavy atom. The van der Waals surface area contributed by atoms with Crippen molar-refractivity contribution in [3.05, 3.63) is 58.1 Å². The first-order valence-electron chi connectivity index (χ1n) is 12.9. The number of nitrogens with one attached hydrogen (secondary N) is 2. The van der Waals surface area contributed by atoms with Crippen molar-refractivity contribution < 1.29 is 46.2 Å². The Labute approximate surface area is 243 Å². The monoisotopic (exact) mass is 620 g/mol. The van der Waals surface area contributed by atoms with Gasteiger partial charge < -0.3 is 25.4 Å². The van der Waals surface area contributed by atoms with E-state index >= 15 is 0 Å². The number of aliphatic carboxylic acids is 1. The molecule has 230 valence electrons. The number of anilines is 2. The normalized spacial score (nSPS) is 14.9. The van der Waals surface area contributed by atoms with Crippen LogP contribution in [0.15, 0.2) is 30.3 Å². The van der Waals surface area contributed by atoms with E-state index in [0.717, 1.165) is 19.2 Å². The van der Waals surface area contributed by atoms with Crippen LogP contribution in [0.25, 0.3) is 0 Å². The number of carbonyl (C=O) groups excluding carboxylic acids is 2. The smallest absolute Gasteiger partial charge is 0.390 e. The fraction of sp³-hybridized carbons (Fsp3) is 0.444. The first-order chi connectivity index (χ1) is 19.8. The zero-order valence-corrected chi connectivity index (χ0v) is 23.3. The Balaban J connectivity index is 1.70. The Morgan fingerprint density at radius 3 is 2.38 bits per heavy atom. The number of carbonyl (C=O) groups is 3. The summed E-state index contributed by atoms with van der Waals surface area (Å²) in [4.78, 5) is 39.2. The first-order valence-corrected chi connectivity index (χ1v) is 13.3. The number of esters is 1. The van der Waals surface area contributed by atoms with E-state index < -0.39 is 53.7 Å². The van der Waals surface area contributed by atoms with Gasteiger partial charge in [-0.25, -0.2) is 8.78 Å². The molecule has 9 nitrogen and oxygen atoms in total. The number of rotatable bonds is 12. The molecule has 1 aliphatic heterocycles. The summed E-state index contributed by atoms with van der Waals surface area (Å²) in [5.41, 5.74) is -0.0744. The van der Waals surface area contributed by atoms with Crippen LogP contribution in [0.3, 0.4) is 0 Å². The highest BCUT2D eigenvalue weighted by Crippen LogP contribution is 2.31. The molecule has 3 N–H and O–H groups in total. The van der Waals surface area contributed by atoms with E-state index in [4.69, 9.17) is 16.7 Å². The highest BCUT2D eigenvalue weighted by atomic mass is 35.5. The van der Waals surface area contributed by atoms with Crippen molar-refractivity contribution in [2.75, 3.05) is 50.1 Å². The number of piperazine rings is 1. The van der Waals surface area contributed by atoms with Gasteiger partial charge in [-0.2, -0.15) is 13.2 Å². The van der Waals surface area contributed by atoms with Crippen LogP contribution < -0.4 is 15.5 Å². The molecule has 1 heterocycles. The molecule has 0 aromatic heterocycles. The third kappa shape index (κ3) is 9.26. The maximum absolute atomic E-state index is 15.0. The number of ether oxygens (including phenoxy) is 1. The van der Waals surface area contributed by atoms with E-state index in [2.05, 4.69) is 15.4 Å². The number of nitrogens with zero attached hydrogens (tertiary/aromatic N) is 2. The second-order valence-electron chi connectivity index (χ2n) is 9.60. The van der Waals surface area contributed by atoms with Gasteiger partial charge in [-0.05, 0) is 30.7 Å². The van der Waals surface area contributed by atoms with Crippen molar-refractivity contribution in [1.82, 2.24) is 10.2 Å². The Morgan fingerprint density at radius 2 is 1.76 bits per heavy atom. The van der Waals surface area contributed by atoms with E-state index in [1.54, 1.807) is 11.0 Å². The fourth-order valence-corrected chi connectivity index (χ4v) is 4.57. The minimum absolute atomic E-state index is 0.126. The number of amides is 1. The number of carboxylic acid groups (broad SMARTS) is 1. The molecule has 0 unspecified atom stereocenters. The molecular formula is C27H30ClF5N4O5. The number of hydrogen-bond acceptors (Lipinski definition) is 7. The lowest BCUT2D eigenvalue weighted by molar-refractivity contribution is -0.144. The highest BCUT2D eigenvalue weighted by Gasteiger charge is 2.29. The van der Waals surface area contributed by atoms with Gasteiger partial charge in [0, 0.05) is 56.3 Å². The van der Waals surface area contributed by atoms with Crippen LogP contribution in [-0.4, -0.2) is 79.9 Å². The molecule has 0 bridgehead atoms. The van der Waals surface area contributed by atoms with Gasteiger partial charge in [0.05, 0.1) is 30.5 Å². The van der Waals surface area contributed by atoms with E-state index in [1.807, 2.05) is 4.90 Å². The van der Waals surface area contributed by atoms with Crippen molar-refractivity contribution in [2.24, 2.45) is 0 Å². The third-order valence-electron chi connectivity index (χ3n) is 6.71. The van der Waals surface area contributed by atoms with Crippen molar-refractivity contribution in [2.45, 2.75) is 38.0 Å². The van der Waals surface area contributed by atoms with Gasteiger partial charge in [-0.3, -0.25) is 19.3 Å². The lowest BCUT2D eigenvalue weighted by Crippen LogP contribution is -2.47. The maximum atomic E-state index is 15.0. The van der Waals surface area contributed by atoms with E-state index in [9.17, 15) is 36.3 Å². The van der Waals surface area contributed by atoms with Gasteiger partial charge in [0.1, 0.15) is 6.04 Å². The summed E-state index contributed by atoms with van der Waals surface area (Å²) in [5, 5.41) is 14.4. The zero-order chi connectivity index (χ0) is 31.0. The molecule has 1 aliphatic rings. The lowest BCUT2D eigenvalue weighted by Gasteiger charge is -2.37. The number of hydrogen-bond donors (Lipinski definition) is 3.